The zero-order chi connectivity index (χ0) is 20.2. The Labute approximate surface area is 174 Å². The number of rotatable bonds is 6. The van der Waals surface area contributed by atoms with Gasteiger partial charge in [-0.25, -0.2) is 4.98 Å². The summed E-state index contributed by atoms with van der Waals surface area (Å²) in [5.41, 5.74) is 3.19. The van der Waals surface area contributed by atoms with Crippen molar-refractivity contribution in [2.45, 2.75) is 12.8 Å². The molecule has 150 valence electrons. The van der Waals surface area contributed by atoms with Gasteiger partial charge in [-0.3, -0.25) is 4.79 Å². The molecule has 1 aliphatic rings. The standard InChI is InChI=1S/C22H23N3O3S/c1-27-18-11-16(12-19(13-18)28-2)21(26)23-17-7-5-15(6-8-17)20-14-29-22(24-20)25-9-3-4-10-25/h5-8,11-14H,3-4,9-10H2,1-2H3,(H,23,26). The summed E-state index contributed by atoms with van der Waals surface area (Å²) in [6.07, 6.45) is 2.48. The third-order valence-electron chi connectivity index (χ3n) is 4.92. The van der Waals surface area contributed by atoms with E-state index in [2.05, 4.69) is 15.6 Å². The van der Waals surface area contributed by atoms with Crippen molar-refractivity contribution in [3.8, 4) is 22.8 Å². The number of carbonyl (C=O) groups excluding carboxylic acids is 1. The predicted molar refractivity (Wildman–Crippen MR) is 116 cm³/mol. The van der Waals surface area contributed by atoms with E-state index >= 15 is 0 Å². The maximum absolute atomic E-state index is 12.6. The van der Waals surface area contributed by atoms with Crippen molar-refractivity contribution in [3.63, 3.8) is 0 Å². The maximum Gasteiger partial charge on any atom is 0.255 e. The van der Waals surface area contributed by atoms with Crippen molar-refractivity contribution in [1.29, 1.82) is 0 Å². The Hall–Kier alpha value is -3.06. The summed E-state index contributed by atoms with van der Waals surface area (Å²) in [7, 11) is 3.12. The summed E-state index contributed by atoms with van der Waals surface area (Å²) >= 11 is 1.68. The van der Waals surface area contributed by atoms with Crippen LogP contribution in [-0.2, 0) is 0 Å². The van der Waals surface area contributed by atoms with Gasteiger partial charge in [0.2, 0.25) is 0 Å². The molecule has 7 heteroatoms. The second kappa shape index (κ2) is 8.53. The van der Waals surface area contributed by atoms with E-state index in [-0.39, 0.29) is 5.91 Å². The second-order valence-corrected chi connectivity index (χ2v) is 7.68. The largest absolute Gasteiger partial charge is 0.497 e. The normalized spacial score (nSPS) is 13.4. The SMILES string of the molecule is COc1cc(OC)cc(C(=O)Nc2ccc(-c3csc(N4CCCC4)n3)cc2)c1. The van der Waals surface area contributed by atoms with Crippen molar-refractivity contribution in [2.75, 3.05) is 37.5 Å². The molecule has 29 heavy (non-hydrogen) atoms. The highest BCUT2D eigenvalue weighted by Crippen LogP contribution is 2.30. The van der Waals surface area contributed by atoms with Crippen molar-refractivity contribution in [2.24, 2.45) is 0 Å². The first-order valence-corrected chi connectivity index (χ1v) is 10.4. The van der Waals surface area contributed by atoms with E-state index in [9.17, 15) is 4.79 Å². The van der Waals surface area contributed by atoms with E-state index in [1.165, 1.54) is 12.8 Å². The molecule has 0 atom stereocenters. The smallest absolute Gasteiger partial charge is 0.255 e. The molecule has 1 aliphatic heterocycles. The number of hydrogen-bond acceptors (Lipinski definition) is 6. The van der Waals surface area contributed by atoms with Crippen molar-refractivity contribution in [3.05, 3.63) is 53.4 Å². The molecule has 1 amide bonds. The number of ether oxygens (including phenoxy) is 2. The van der Waals surface area contributed by atoms with Crippen molar-refractivity contribution < 1.29 is 14.3 Å². The van der Waals surface area contributed by atoms with Crippen LogP contribution in [0.15, 0.2) is 47.8 Å². The lowest BCUT2D eigenvalue weighted by Gasteiger charge is -2.12. The minimum Gasteiger partial charge on any atom is -0.497 e. The fraction of sp³-hybridized carbons (Fsp3) is 0.273. The Morgan fingerprint density at radius 2 is 1.69 bits per heavy atom. The van der Waals surface area contributed by atoms with Gasteiger partial charge in [-0.15, -0.1) is 11.3 Å². The Balaban J connectivity index is 1.46. The van der Waals surface area contributed by atoms with Gasteiger partial charge in [0.05, 0.1) is 19.9 Å². The van der Waals surface area contributed by atoms with E-state index in [0.717, 1.165) is 35.2 Å². The molecule has 3 aromatic rings. The minimum atomic E-state index is -0.222. The molecule has 0 aliphatic carbocycles. The highest BCUT2D eigenvalue weighted by Gasteiger charge is 2.16. The number of benzene rings is 2. The fourth-order valence-electron chi connectivity index (χ4n) is 3.32. The molecule has 1 aromatic heterocycles. The quantitative estimate of drug-likeness (QED) is 0.640. The van der Waals surface area contributed by atoms with Gasteiger partial charge in [0.15, 0.2) is 5.13 Å². The van der Waals surface area contributed by atoms with Gasteiger partial charge in [-0.1, -0.05) is 12.1 Å². The summed E-state index contributed by atoms with van der Waals surface area (Å²) in [5.74, 6) is 0.921. The van der Waals surface area contributed by atoms with E-state index in [1.54, 1.807) is 43.8 Å². The lowest BCUT2D eigenvalue weighted by molar-refractivity contribution is 0.102. The van der Waals surface area contributed by atoms with Crippen LogP contribution in [0.3, 0.4) is 0 Å². The lowest BCUT2D eigenvalue weighted by Crippen LogP contribution is -2.17. The molecule has 0 unspecified atom stereocenters. The molecule has 1 saturated heterocycles. The van der Waals surface area contributed by atoms with Gasteiger partial charge in [-0.05, 0) is 37.1 Å². The van der Waals surface area contributed by atoms with Crippen LogP contribution >= 0.6 is 11.3 Å². The second-order valence-electron chi connectivity index (χ2n) is 6.84. The minimum absolute atomic E-state index is 0.222. The topological polar surface area (TPSA) is 63.7 Å². The first kappa shape index (κ1) is 19.3. The Morgan fingerprint density at radius 3 is 2.31 bits per heavy atom. The molecular formula is C22H23N3O3S. The Morgan fingerprint density at radius 1 is 1.03 bits per heavy atom. The van der Waals surface area contributed by atoms with Crippen LogP contribution in [0.25, 0.3) is 11.3 Å². The number of methoxy groups -OCH3 is 2. The first-order chi connectivity index (χ1) is 14.2. The molecule has 4 rings (SSSR count). The number of amides is 1. The van der Waals surface area contributed by atoms with Gasteiger partial charge >= 0.3 is 0 Å². The summed E-state index contributed by atoms with van der Waals surface area (Å²) < 4.78 is 10.5. The molecule has 0 spiro atoms. The summed E-state index contributed by atoms with van der Waals surface area (Å²) in [4.78, 5) is 19.7. The van der Waals surface area contributed by atoms with Gasteiger partial charge in [0.25, 0.3) is 5.91 Å². The summed E-state index contributed by atoms with van der Waals surface area (Å²) in [6, 6.07) is 12.8. The molecular weight excluding hydrogens is 386 g/mol. The van der Waals surface area contributed by atoms with Crippen LogP contribution in [0.2, 0.25) is 0 Å². The van der Waals surface area contributed by atoms with Crippen LogP contribution in [0.4, 0.5) is 10.8 Å². The number of carbonyl (C=O) groups is 1. The molecule has 2 aromatic carbocycles. The number of aromatic nitrogens is 1. The summed E-state index contributed by atoms with van der Waals surface area (Å²) in [5, 5.41) is 6.09. The molecule has 0 saturated carbocycles. The fourth-order valence-corrected chi connectivity index (χ4v) is 4.21. The van der Waals surface area contributed by atoms with Gasteiger partial charge in [0.1, 0.15) is 11.5 Å². The van der Waals surface area contributed by atoms with Crippen LogP contribution in [-0.4, -0.2) is 38.2 Å². The molecule has 1 N–H and O–H groups in total. The predicted octanol–water partition coefficient (Wildman–Crippen LogP) is 4.68. The van der Waals surface area contributed by atoms with E-state index in [1.807, 2.05) is 24.3 Å². The van der Waals surface area contributed by atoms with Crippen molar-refractivity contribution in [1.82, 2.24) is 4.98 Å². The average molecular weight is 410 g/mol. The Kier molecular flexibility index (Phi) is 5.67. The van der Waals surface area contributed by atoms with Gasteiger partial charge < -0.3 is 19.7 Å². The molecule has 1 fully saturated rings. The molecule has 2 heterocycles. The van der Waals surface area contributed by atoms with E-state index < -0.39 is 0 Å². The van der Waals surface area contributed by atoms with Gasteiger partial charge in [0, 0.05) is 41.4 Å². The van der Waals surface area contributed by atoms with Crippen LogP contribution < -0.4 is 19.7 Å². The highest BCUT2D eigenvalue weighted by molar-refractivity contribution is 7.14. The monoisotopic (exact) mass is 409 g/mol. The number of nitrogens with zero attached hydrogens (tertiary/aromatic N) is 2. The summed E-state index contributed by atoms with van der Waals surface area (Å²) in [6.45, 7) is 2.18. The first-order valence-electron chi connectivity index (χ1n) is 9.51. The highest BCUT2D eigenvalue weighted by atomic mass is 32.1. The number of anilines is 2. The maximum atomic E-state index is 12.6. The Bertz CT molecular complexity index is 973. The molecule has 0 bridgehead atoms. The van der Waals surface area contributed by atoms with Gasteiger partial charge in [-0.2, -0.15) is 0 Å². The molecule has 6 nitrogen and oxygen atoms in total. The van der Waals surface area contributed by atoms with Crippen molar-refractivity contribution >= 4 is 28.1 Å². The van der Waals surface area contributed by atoms with Crippen LogP contribution in [0.5, 0.6) is 11.5 Å². The average Bonchev–Trinajstić information content (AvgIpc) is 3.45. The number of thiazole rings is 1. The zero-order valence-corrected chi connectivity index (χ0v) is 17.3. The lowest BCUT2D eigenvalue weighted by atomic mass is 10.1. The zero-order valence-electron chi connectivity index (χ0n) is 16.5. The number of hydrogen-bond donors (Lipinski definition) is 1. The third-order valence-corrected chi connectivity index (χ3v) is 5.82. The number of nitrogens with one attached hydrogen (secondary N) is 1. The van der Waals surface area contributed by atoms with Crippen LogP contribution in [0.1, 0.15) is 23.2 Å². The third kappa shape index (κ3) is 4.35. The van der Waals surface area contributed by atoms with E-state index in [0.29, 0.717) is 17.1 Å². The van der Waals surface area contributed by atoms with Crippen LogP contribution in [0, 0.1) is 0 Å². The molecule has 0 radical (unpaired) electrons. The van der Waals surface area contributed by atoms with E-state index in [4.69, 9.17) is 14.5 Å².